The molecule has 0 unspecified atom stereocenters. The van der Waals surface area contributed by atoms with Crippen LogP contribution in [-0.4, -0.2) is 11.7 Å². The molecule has 3 nitrogen and oxygen atoms in total. The maximum atomic E-state index is 9.39. The van der Waals surface area contributed by atoms with E-state index in [0.717, 1.165) is 26.5 Å². The summed E-state index contributed by atoms with van der Waals surface area (Å²) in [7, 11) is 0. The van der Waals surface area contributed by atoms with Gasteiger partial charge in [-0.25, -0.2) is 9.88 Å². The number of hydrogen-bond acceptors (Lipinski definition) is 3. The Bertz CT molecular complexity index is 741. The molecule has 0 aliphatic carbocycles. The van der Waals surface area contributed by atoms with Crippen molar-refractivity contribution >= 4 is 38.1 Å². The first-order chi connectivity index (χ1) is 10.8. The van der Waals surface area contributed by atoms with Crippen LogP contribution in [0.3, 0.4) is 0 Å². The Kier molecular flexibility index (Phi) is 4.87. The summed E-state index contributed by atoms with van der Waals surface area (Å²) in [5.41, 5.74) is 3.28. The van der Waals surface area contributed by atoms with Crippen LogP contribution in [0.15, 0.2) is 64.5 Å². The first-order valence-electron chi connectivity index (χ1n) is 6.98. The number of rotatable bonds is 5. The molecule has 0 saturated heterocycles. The highest BCUT2D eigenvalue weighted by atomic mass is 79.9. The highest BCUT2D eigenvalue weighted by Crippen LogP contribution is 2.26. The van der Waals surface area contributed by atoms with Gasteiger partial charge in [-0.3, -0.25) is 0 Å². The number of aromatic nitrogens is 1. The molecule has 3 aromatic rings. The fourth-order valence-electron chi connectivity index (χ4n) is 2.26. The number of nitrogens with zero attached hydrogens (tertiary/aromatic N) is 1. The van der Waals surface area contributed by atoms with Crippen LogP contribution in [0.25, 0.3) is 11.3 Å². The Morgan fingerprint density at radius 1 is 1.05 bits per heavy atom. The minimum absolute atomic E-state index is 0.106. The quantitative estimate of drug-likeness (QED) is 0.655. The summed E-state index contributed by atoms with van der Waals surface area (Å²) in [5.74, 6) is 0. The number of benzene rings is 2. The molecule has 2 N–H and O–H groups in total. The van der Waals surface area contributed by atoms with Gasteiger partial charge in [-0.05, 0) is 36.4 Å². The zero-order chi connectivity index (χ0) is 15.4. The SMILES string of the molecule is OCC[n+]1c(-c2ccc(Br)cc2)csc1Nc1ccccc1. The Morgan fingerprint density at radius 3 is 2.45 bits per heavy atom. The van der Waals surface area contributed by atoms with Crippen molar-refractivity contribution in [1.29, 1.82) is 0 Å². The third kappa shape index (κ3) is 3.38. The van der Waals surface area contributed by atoms with Crippen molar-refractivity contribution < 1.29 is 9.67 Å². The van der Waals surface area contributed by atoms with E-state index in [4.69, 9.17) is 0 Å². The molecule has 112 valence electrons. The van der Waals surface area contributed by atoms with E-state index in [1.807, 2.05) is 42.5 Å². The van der Waals surface area contributed by atoms with Crippen LogP contribution in [0.4, 0.5) is 10.8 Å². The molecule has 0 fully saturated rings. The van der Waals surface area contributed by atoms with Crippen LogP contribution < -0.4 is 9.88 Å². The summed E-state index contributed by atoms with van der Waals surface area (Å²) in [6.45, 7) is 0.665. The van der Waals surface area contributed by atoms with Crippen LogP contribution in [0.5, 0.6) is 0 Å². The van der Waals surface area contributed by atoms with E-state index >= 15 is 0 Å². The molecule has 0 aliphatic heterocycles. The van der Waals surface area contributed by atoms with Gasteiger partial charge in [0.15, 0.2) is 0 Å². The molecule has 0 bridgehead atoms. The Balaban J connectivity index is 1.96. The molecule has 1 heterocycles. The topological polar surface area (TPSA) is 36.1 Å². The van der Waals surface area contributed by atoms with Gasteiger partial charge >= 0.3 is 5.13 Å². The Morgan fingerprint density at radius 2 is 1.77 bits per heavy atom. The Hall–Kier alpha value is -1.69. The largest absolute Gasteiger partial charge is 0.392 e. The maximum absolute atomic E-state index is 9.39. The highest BCUT2D eigenvalue weighted by molar-refractivity contribution is 9.10. The molecule has 0 radical (unpaired) electrons. The second-order valence-corrected chi connectivity index (χ2v) is 6.57. The van der Waals surface area contributed by atoms with E-state index in [0.29, 0.717) is 6.54 Å². The number of para-hydroxylation sites is 1. The zero-order valence-electron chi connectivity index (χ0n) is 11.9. The average Bonchev–Trinajstić information content (AvgIpc) is 2.92. The lowest BCUT2D eigenvalue weighted by atomic mass is 10.2. The van der Waals surface area contributed by atoms with Crippen LogP contribution in [-0.2, 0) is 6.54 Å². The van der Waals surface area contributed by atoms with Gasteiger partial charge in [0, 0.05) is 15.4 Å². The van der Waals surface area contributed by atoms with Gasteiger partial charge in [0.1, 0.15) is 17.9 Å². The summed E-state index contributed by atoms with van der Waals surface area (Å²) >= 11 is 5.10. The van der Waals surface area contributed by atoms with E-state index in [1.54, 1.807) is 11.3 Å². The van der Waals surface area contributed by atoms with Crippen LogP contribution in [0.2, 0.25) is 0 Å². The van der Waals surface area contributed by atoms with Gasteiger partial charge in [0.05, 0.1) is 6.61 Å². The van der Waals surface area contributed by atoms with Crippen LogP contribution >= 0.6 is 27.3 Å². The van der Waals surface area contributed by atoms with Crippen molar-refractivity contribution in [3.63, 3.8) is 0 Å². The normalized spacial score (nSPS) is 10.6. The lowest BCUT2D eigenvalue weighted by Gasteiger charge is -2.05. The average molecular weight is 376 g/mol. The number of hydrogen-bond donors (Lipinski definition) is 2. The van der Waals surface area contributed by atoms with Crippen molar-refractivity contribution in [2.24, 2.45) is 0 Å². The number of halogens is 1. The standard InChI is InChI=1S/C17H15BrN2OS/c18-14-8-6-13(7-9-14)16-12-22-17(20(16)10-11-21)19-15-4-2-1-3-5-15/h1-9,12,21H,10-11H2/p+1. The molecule has 2 aromatic carbocycles. The highest BCUT2D eigenvalue weighted by Gasteiger charge is 2.19. The van der Waals surface area contributed by atoms with Gasteiger partial charge in [-0.15, -0.1) is 0 Å². The van der Waals surface area contributed by atoms with Crippen LogP contribution in [0.1, 0.15) is 0 Å². The molecule has 22 heavy (non-hydrogen) atoms. The number of aliphatic hydroxyl groups excluding tert-OH is 1. The molecule has 0 aliphatic rings. The summed E-state index contributed by atoms with van der Waals surface area (Å²) in [5, 5.41) is 15.9. The predicted octanol–water partition coefficient (Wildman–Crippen LogP) is 4.20. The third-order valence-corrected chi connectivity index (χ3v) is 4.72. The number of thiazole rings is 1. The van der Waals surface area contributed by atoms with Gasteiger partial charge in [-0.2, -0.15) is 0 Å². The lowest BCUT2D eigenvalue weighted by molar-refractivity contribution is -0.669. The van der Waals surface area contributed by atoms with Gasteiger partial charge in [0.2, 0.25) is 0 Å². The second kappa shape index (κ2) is 7.05. The molecule has 0 atom stereocenters. The van der Waals surface area contributed by atoms with Crippen molar-refractivity contribution in [3.8, 4) is 11.3 Å². The van der Waals surface area contributed by atoms with E-state index in [9.17, 15) is 5.11 Å². The number of anilines is 2. The molecular weight excluding hydrogens is 360 g/mol. The Labute approximate surface area is 142 Å². The van der Waals surface area contributed by atoms with Crippen molar-refractivity contribution in [2.75, 3.05) is 11.9 Å². The molecular formula is C17H16BrN2OS+. The molecule has 0 amide bonds. The van der Waals surface area contributed by atoms with Crippen molar-refractivity contribution in [3.05, 3.63) is 64.5 Å². The van der Waals surface area contributed by atoms with Crippen molar-refractivity contribution in [2.45, 2.75) is 6.54 Å². The van der Waals surface area contributed by atoms with Gasteiger partial charge in [0.25, 0.3) is 0 Å². The fourth-order valence-corrected chi connectivity index (χ4v) is 3.50. The number of nitrogens with one attached hydrogen (secondary N) is 1. The first-order valence-corrected chi connectivity index (χ1v) is 8.65. The molecule has 3 rings (SSSR count). The van der Waals surface area contributed by atoms with E-state index in [-0.39, 0.29) is 6.61 Å². The zero-order valence-corrected chi connectivity index (χ0v) is 14.3. The van der Waals surface area contributed by atoms with Gasteiger partial charge < -0.3 is 5.11 Å². The van der Waals surface area contributed by atoms with Crippen LogP contribution in [0, 0.1) is 0 Å². The van der Waals surface area contributed by atoms with Crippen molar-refractivity contribution in [1.82, 2.24) is 0 Å². The third-order valence-electron chi connectivity index (χ3n) is 3.31. The van der Waals surface area contributed by atoms with E-state index < -0.39 is 0 Å². The minimum Gasteiger partial charge on any atom is -0.392 e. The predicted molar refractivity (Wildman–Crippen MR) is 94.5 cm³/mol. The maximum Gasteiger partial charge on any atom is 0.339 e. The lowest BCUT2D eigenvalue weighted by Crippen LogP contribution is -2.38. The second-order valence-electron chi connectivity index (χ2n) is 4.80. The smallest absolute Gasteiger partial charge is 0.339 e. The monoisotopic (exact) mass is 375 g/mol. The van der Waals surface area contributed by atoms with Gasteiger partial charge in [-0.1, -0.05) is 45.5 Å². The first kappa shape index (κ1) is 15.2. The summed E-state index contributed by atoms with van der Waals surface area (Å²) in [6.07, 6.45) is 0. The van der Waals surface area contributed by atoms with E-state index in [2.05, 4.69) is 43.3 Å². The summed E-state index contributed by atoms with van der Waals surface area (Å²) in [4.78, 5) is 0. The molecule has 5 heteroatoms. The number of aliphatic hydroxyl groups is 1. The van der Waals surface area contributed by atoms with E-state index in [1.165, 1.54) is 0 Å². The molecule has 0 spiro atoms. The fraction of sp³-hybridized carbons (Fsp3) is 0.118. The summed E-state index contributed by atoms with van der Waals surface area (Å²) in [6, 6.07) is 18.3. The summed E-state index contributed by atoms with van der Waals surface area (Å²) < 4.78 is 3.17. The molecule has 0 saturated carbocycles. The minimum atomic E-state index is 0.106. The molecule has 1 aromatic heterocycles.